The monoisotopic (exact) mass is 487 g/mol. The molecule has 0 unspecified atom stereocenters. The lowest BCUT2D eigenvalue weighted by Gasteiger charge is -2.21. The minimum atomic E-state index is -3.33. The molecule has 0 atom stereocenters. The van der Waals surface area contributed by atoms with E-state index in [1.807, 2.05) is 20.2 Å². The van der Waals surface area contributed by atoms with Gasteiger partial charge in [0, 0.05) is 6.54 Å². The fraction of sp³-hybridized carbons (Fsp3) is 0.440. The Kier molecular flexibility index (Phi) is 8.26. The molecule has 0 aliphatic heterocycles. The summed E-state index contributed by atoms with van der Waals surface area (Å²) in [7, 11) is 0.703. The highest BCUT2D eigenvalue weighted by molar-refractivity contribution is 7.92. The first-order valence-electron chi connectivity index (χ1n) is 11.3. The number of carbonyl (C=O) groups excluding carboxylic acids is 1. The van der Waals surface area contributed by atoms with Crippen LogP contribution in [0.1, 0.15) is 38.3 Å². The van der Waals surface area contributed by atoms with Gasteiger partial charge in [0.1, 0.15) is 0 Å². The minimum absolute atomic E-state index is 0.0389. The zero-order chi connectivity index (χ0) is 24.2. The van der Waals surface area contributed by atoms with Crippen molar-refractivity contribution in [1.82, 2.24) is 9.88 Å². The first-order chi connectivity index (χ1) is 15.6. The zero-order valence-electron chi connectivity index (χ0n) is 20.0. The van der Waals surface area contributed by atoms with E-state index in [0.717, 1.165) is 35.2 Å². The molecule has 178 valence electrons. The molecule has 1 amide bonds. The minimum Gasteiger partial charge on any atom is -0.309 e. The summed E-state index contributed by atoms with van der Waals surface area (Å²) in [5.74, 6) is -0.0389. The molecule has 1 aromatic heterocycles. The van der Waals surface area contributed by atoms with Gasteiger partial charge in [-0.05, 0) is 82.7 Å². The van der Waals surface area contributed by atoms with Crippen molar-refractivity contribution >= 4 is 42.4 Å². The number of hydrogen-bond donors (Lipinski definition) is 0. The summed E-state index contributed by atoms with van der Waals surface area (Å²) in [4.78, 5) is 22.2. The fourth-order valence-electron chi connectivity index (χ4n) is 3.50. The van der Waals surface area contributed by atoms with Crippen molar-refractivity contribution in [2.75, 3.05) is 32.1 Å². The van der Waals surface area contributed by atoms with Crippen molar-refractivity contribution in [2.24, 2.45) is 0 Å². The van der Waals surface area contributed by atoms with Gasteiger partial charge >= 0.3 is 0 Å². The number of rotatable bonds is 10. The van der Waals surface area contributed by atoms with Crippen LogP contribution in [0.5, 0.6) is 0 Å². The number of aromatic nitrogens is 1. The third kappa shape index (κ3) is 6.19. The number of thiazole rings is 1. The molecule has 6 nitrogen and oxygen atoms in total. The summed E-state index contributed by atoms with van der Waals surface area (Å²) in [5, 5.41) is 0.227. The van der Waals surface area contributed by atoms with E-state index < -0.39 is 15.1 Å². The third-order valence-corrected chi connectivity index (χ3v) is 8.81. The number of aryl methyl sites for hydroxylation is 1. The predicted molar refractivity (Wildman–Crippen MR) is 137 cm³/mol. The Morgan fingerprint density at radius 3 is 2.30 bits per heavy atom. The molecule has 3 aromatic rings. The Labute approximate surface area is 201 Å². The first-order valence-corrected chi connectivity index (χ1v) is 13.7. The predicted octanol–water partition coefficient (Wildman–Crippen LogP) is 4.57. The largest absolute Gasteiger partial charge is 0.309 e. The molecule has 0 aliphatic carbocycles. The molecule has 8 heteroatoms. The number of anilines is 1. The molecule has 0 radical (unpaired) electrons. The molecule has 0 fully saturated rings. The lowest BCUT2D eigenvalue weighted by atomic mass is 10.1. The SMILES string of the molecule is CCc1ccc2nc(N(CCCN(C)C)C(=O)Cc3ccc(S(=O)(=O)C(C)C)cc3)sc2c1. The van der Waals surface area contributed by atoms with Gasteiger partial charge in [-0.25, -0.2) is 13.4 Å². The standard InChI is InChI=1S/C25H33N3O3S2/c1-6-19-10-13-22-23(16-19)32-25(26-22)28(15-7-14-27(4)5)24(29)17-20-8-11-21(12-9-20)33(30,31)18(2)3/h8-13,16,18H,6-7,14-15,17H2,1-5H3. The van der Waals surface area contributed by atoms with Gasteiger partial charge in [-0.3, -0.25) is 9.69 Å². The van der Waals surface area contributed by atoms with Crippen LogP contribution in [0.4, 0.5) is 5.13 Å². The molecular weight excluding hydrogens is 454 g/mol. The highest BCUT2D eigenvalue weighted by atomic mass is 32.2. The summed E-state index contributed by atoms with van der Waals surface area (Å²) in [6.07, 6.45) is 1.98. The lowest BCUT2D eigenvalue weighted by Crippen LogP contribution is -2.34. The second-order valence-corrected chi connectivity index (χ2v) is 12.3. The molecule has 0 N–H and O–H groups in total. The van der Waals surface area contributed by atoms with Gasteiger partial charge in [0.2, 0.25) is 5.91 Å². The fourth-order valence-corrected chi connectivity index (χ4v) is 5.64. The first kappa shape index (κ1) is 25.3. The molecule has 0 bridgehead atoms. The normalized spacial score (nSPS) is 12.1. The highest BCUT2D eigenvalue weighted by Crippen LogP contribution is 2.30. The zero-order valence-corrected chi connectivity index (χ0v) is 21.7. The van der Waals surface area contributed by atoms with E-state index >= 15 is 0 Å². The van der Waals surface area contributed by atoms with Gasteiger partial charge in [-0.2, -0.15) is 0 Å². The van der Waals surface area contributed by atoms with Crippen LogP contribution in [0.15, 0.2) is 47.4 Å². The van der Waals surface area contributed by atoms with Crippen LogP contribution in [0.3, 0.4) is 0 Å². The van der Waals surface area contributed by atoms with Crippen LogP contribution in [0.2, 0.25) is 0 Å². The molecular formula is C25H33N3O3S2. The second-order valence-electron chi connectivity index (χ2n) is 8.77. The quantitative estimate of drug-likeness (QED) is 0.419. The van der Waals surface area contributed by atoms with Crippen LogP contribution in [0, 0.1) is 0 Å². The topological polar surface area (TPSA) is 70.6 Å². The summed E-state index contributed by atoms with van der Waals surface area (Å²) in [6, 6.07) is 12.9. The third-order valence-electron chi connectivity index (χ3n) is 5.60. The van der Waals surface area contributed by atoms with Crippen molar-refractivity contribution < 1.29 is 13.2 Å². The van der Waals surface area contributed by atoms with E-state index in [9.17, 15) is 13.2 Å². The van der Waals surface area contributed by atoms with Crippen molar-refractivity contribution in [3.05, 3.63) is 53.6 Å². The van der Waals surface area contributed by atoms with E-state index in [1.54, 1.807) is 54.3 Å². The van der Waals surface area contributed by atoms with Gasteiger partial charge in [0.15, 0.2) is 15.0 Å². The molecule has 0 aliphatic rings. The van der Waals surface area contributed by atoms with E-state index in [0.29, 0.717) is 11.7 Å². The molecule has 0 saturated carbocycles. The average molecular weight is 488 g/mol. The number of fused-ring (bicyclic) bond motifs is 1. The molecule has 0 saturated heterocycles. The van der Waals surface area contributed by atoms with Crippen molar-refractivity contribution in [3.8, 4) is 0 Å². The summed E-state index contributed by atoms with van der Waals surface area (Å²) < 4.78 is 25.8. The van der Waals surface area contributed by atoms with Gasteiger partial charge in [0.25, 0.3) is 0 Å². The van der Waals surface area contributed by atoms with Crippen LogP contribution < -0.4 is 4.90 Å². The van der Waals surface area contributed by atoms with Crippen molar-refractivity contribution in [3.63, 3.8) is 0 Å². The molecule has 1 heterocycles. The van der Waals surface area contributed by atoms with Gasteiger partial charge in [-0.1, -0.05) is 36.5 Å². The Balaban J connectivity index is 1.84. The van der Waals surface area contributed by atoms with E-state index in [2.05, 4.69) is 24.0 Å². The summed E-state index contributed by atoms with van der Waals surface area (Å²) in [5.41, 5.74) is 2.94. The lowest BCUT2D eigenvalue weighted by molar-refractivity contribution is -0.118. The summed E-state index contributed by atoms with van der Waals surface area (Å²) >= 11 is 1.54. The van der Waals surface area contributed by atoms with Crippen LogP contribution in [-0.2, 0) is 27.5 Å². The van der Waals surface area contributed by atoms with Gasteiger partial charge < -0.3 is 4.90 Å². The van der Waals surface area contributed by atoms with Gasteiger partial charge in [-0.15, -0.1) is 0 Å². The molecule has 0 spiro atoms. The van der Waals surface area contributed by atoms with Crippen LogP contribution in [0.25, 0.3) is 10.2 Å². The van der Waals surface area contributed by atoms with E-state index in [1.165, 1.54) is 5.56 Å². The molecule has 3 rings (SSSR count). The highest BCUT2D eigenvalue weighted by Gasteiger charge is 2.22. The number of sulfone groups is 1. The maximum atomic E-state index is 13.3. The number of carbonyl (C=O) groups is 1. The second kappa shape index (κ2) is 10.8. The van der Waals surface area contributed by atoms with Crippen molar-refractivity contribution in [1.29, 1.82) is 0 Å². The Hall–Kier alpha value is -2.29. The maximum absolute atomic E-state index is 13.3. The maximum Gasteiger partial charge on any atom is 0.233 e. The van der Waals surface area contributed by atoms with Crippen LogP contribution >= 0.6 is 11.3 Å². The molecule has 2 aromatic carbocycles. The summed E-state index contributed by atoms with van der Waals surface area (Å²) in [6.45, 7) is 6.91. The van der Waals surface area contributed by atoms with E-state index in [4.69, 9.17) is 4.98 Å². The van der Waals surface area contributed by atoms with Crippen molar-refractivity contribution in [2.45, 2.75) is 50.2 Å². The number of nitrogens with zero attached hydrogens (tertiary/aromatic N) is 3. The number of hydrogen-bond acceptors (Lipinski definition) is 6. The van der Waals surface area contributed by atoms with E-state index in [-0.39, 0.29) is 17.2 Å². The van der Waals surface area contributed by atoms with Gasteiger partial charge in [0.05, 0.1) is 26.8 Å². The number of benzene rings is 2. The molecule has 33 heavy (non-hydrogen) atoms. The number of amides is 1. The average Bonchev–Trinajstić information content (AvgIpc) is 3.19. The Bertz CT molecular complexity index is 1200. The smallest absolute Gasteiger partial charge is 0.233 e. The Morgan fingerprint density at radius 1 is 1.03 bits per heavy atom. The van der Waals surface area contributed by atoms with Crippen LogP contribution in [-0.4, -0.2) is 56.6 Å². The Morgan fingerprint density at radius 2 is 1.70 bits per heavy atom.